The minimum Gasteiger partial charge on any atom is -0.311 e. The maximum Gasteiger partial charge on any atom is 0.244 e. The summed E-state index contributed by atoms with van der Waals surface area (Å²) in [6, 6.07) is 9.97. The smallest absolute Gasteiger partial charge is 0.244 e. The molecule has 1 aromatic heterocycles. The molecule has 1 aromatic carbocycles. The van der Waals surface area contributed by atoms with E-state index in [4.69, 9.17) is 4.98 Å². The van der Waals surface area contributed by atoms with E-state index in [1.54, 1.807) is 11.3 Å². The van der Waals surface area contributed by atoms with Crippen LogP contribution in [0.3, 0.4) is 0 Å². The maximum atomic E-state index is 13.0. The van der Waals surface area contributed by atoms with E-state index in [1.165, 1.54) is 30.7 Å². The first-order valence-electron chi connectivity index (χ1n) is 9.73. The zero-order chi connectivity index (χ0) is 17.9. The summed E-state index contributed by atoms with van der Waals surface area (Å²) >= 11 is 1.80. The largest absolute Gasteiger partial charge is 0.311 e. The minimum atomic E-state index is -0.0550. The third-order valence-corrected chi connectivity index (χ3v) is 6.75. The molecule has 0 bridgehead atoms. The number of carbonyl (C=O) groups excluding carboxylic acids is 1. The number of carbonyl (C=O) groups is 1. The topological polar surface area (TPSA) is 36.4 Å². The number of benzene rings is 1. The van der Waals surface area contributed by atoms with Crippen LogP contribution in [-0.4, -0.2) is 35.4 Å². The van der Waals surface area contributed by atoms with Crippen LogP contribution >= 0.6 is 11.3 Å². The van der Waals surface area contributed by atoms with Gasteiger partial charge in [-0.05, 0) is 44.9 Å². The van der Waals surface area contributed by atoms with Gasteiger partial charge >= 0.3 is 0 Å². The van der Waals surface area contributed by atoms with Crippen molar-refractivity contribution in [3.8, 4) is 0 Å². The molecule has 1 aliphatic carbocycles. The molecule has 5 heteroatoms. The van der Waals surface area contributed by atoms with Crippen molar-refractivity contribution < 1.29 is 4.79 Å². The van der Waals surface area contributed by atoms with Crippen LogP contribution in [0.15, 0.2) is 35.7 Å². The Balaban J connectivity index is 1.42. The van der Waals surface area contributed by atoms with Crippen LogP contribution in [0.5, 0.6) is 0 Å². The predicted octanol–water partition coefficient (Wildman–Crippen LogP) is 4.43. The van der Waals surface area contributed by atoms with Crippen molar-refractivity contribution in [3.63, 3.8) is 0 Å². The SMILES string of the molecule is CN(Cc1csc(C2CCCC2)n1)C1CCCN(c2ccccc2)C1=O. The van der Waals surface area contributed by atoms with Crippen molar-refractivity contribution in [2.24, 2.45) is 0 Å². The fraction of sp³-hybridized carbons (Fsp3) is 0.524. The molecule has 0 spiro atoms. The second-order valence-corrected chi connectivity index (χ2v) is 8.45. The zero-order valence-corrected chi connectivity index (χ0v) is 16.3. The molecular weight excluding hydrogens is 342 g/mol. The van der Waals surface area contributed by atoms with Gasteiger partial charge < -0.3 is 4.90 Å². The molecule has 1 aliphatic heterocycles. The Morgan fingerprint density at radius 2 is 1.92 bits per heavy atom. The van der Waals surface area contributed by atoms with Crippen LogP contribution < -0.4 is 4.90 Å². The molecular formula is C21H27N3OS. The Hall–Kier alpha value is -1.72. The number of nitrogens with zero attached hydrogens (tertiary/aromatic N) is 3. The normalized spacial score (nSPS) is 21.7. The van der Waals surface area contributed by atoms with Crippen molar-refractivity contribution in [3.05, 3.63) is 46.4 Å². The number of piperidine rings is 1. The third kappa shape index (κ3) is 3.69. The number of hydrogen-bond acceptors (Lipinski definition) is 4. The van der Waals surface area contributed by atoms with Gasteiger partial charge in [-0.2, -0.15) is 0 Å². The van der Waals surface area contributed by atoms with Crippen LogP contribution in [0.1, 0.15) is 55.1 Å². The van der Waals surface area contributed by atoms with E-state index >= 15 is 0 Å². The zero-order valence-electron chi connectivity index (χ0n) is 15.4. The van der Waals surface area contributed by atoms with Crippen molar-refractivity contribution in [1.29, 1.82) is 0 Å². The minimum absolute atomic E-state index is 0.0550. The van der Waals surface area contributed by atoms with Crippen LogP contribution in [0.25, 0.3) is 0 Å². The average Bonchev–Trinajstić information content (AvgIpc) is 3.34. The highest BCUT2D eigenvalue weighted by Crippen LogP contribution is 2.35. The summed E-state index contributed by atoms with van der Waals surface area (Å²) < 4.78 is 0. The molecule has 1 saturated heterocycles. The van der Waals surface area contributed by atoms with Gasteiger partial charge in [0.2, 0.25) is 5.91 Å². The van der Waals surface area contributed by atoms with Crippen LogP contribution in [0.4, 0.5) is 5.69 Å². The maximum absolute atomic E-state index is 13.0. The lowest BCUT2D eigenvalue weighted by Gasteiger charge is -2.36. The Morgan fingerprint density at radius 3 is 2.69 bits per heavy atom. The van der Waals surface area contributed by atoms with Crippen LogP contribution in [-0.2, 0) is 11.3 Å². The molecule has 138 valence electrons. The van der Waals surface area contributed by atoms with Crippen molar-refractivity contribution >= 4 is 22.9 Å². The highest BCUT2D eigenvalue weighted by molar-refractivity contribution is 7.09. The number of aromatic nitrogens is 1. The summed E-state index contributed by atoms with van der Waals surface area (Å²) in [7, 11) is 2.06. The van der Waals surface area contributed by atoms with Gasteiger partial charge in [0.25, 0.3) is 0 Å². The van der Waals surface area contributed by atoms with E-state index < -0.39 is 0 Å². The lowest BCUT2D eigenvalue weighted by atomic mass is 10.0. The molecule has 0 radical (unpaired) electrons. The lowest BCUT2D eigenvalue weighted by molar-refractivity contribution is -0.125. The van der Waals surface area contributed by atoms with Gasteiger partial charge in [0.15, 0.2) is 0 Å². The van der Waals surface area contributed by atoms with E-state index in [0.717, 1.165) is 37.3 Å². The summed E-state index contributed by atoms with van der Waals surface area (Å²) in [5.41, 5.74) is 2.12. The number of rotatable bonds is 5. The molecule has 26 heavy (non-hydrogen) atoms. The fourth-order valence-corrected chi connectivity index (χ4v) is 5.23. The molecule has 1 saturated carbocycles. The first-order chi connectivity index (χ1) is 12.7. The van der Waals surface area contributed by atoms with Crippen molar-refractivity contribution in [1.82, 2.24) is 9.88 Å². The van der Waals surface area contributed by atoms with E-state index in [-0.39, 0.29) is 11.9 Å². The molecule has 4 nitrogen and oxygen atoms in total. The molecule has 0 N–H and O–H groups in total. The summed E-state index contributed by atoms with van der Waals surface area (Å²) in [5.74, 6) is 0.889. The fourth-order valence-electron chi connectivity index (χ4n) is 4.25. The van der Waals surface area contributed by atoms with Crippen molar-refractivity contribution in [2.75, 3.05) is 18.5 Å². The van der Waals surface area contributed by atoms with E-state index in [0.29, 0.717) is 5.92 Å². The van der Waals surface area contributed by atoms with Crippen LogP contribution in [0.2, 0.25) is 0 Å². The molecule has 1 amide bonds. The lowest BCUT2D eigenvalue weighted by Crippen LogP contribution is -2.51. The van der Waals surface area contributed by atoms with Gasteiger partial charge in [0.1, 0.15) is 0 Å². The highest BCUT2D eigenvalue weighted by atomic mass is 32.1. The average molecular weight is 370 g/mol. The van der Waals surface area contributed by atoms with Gasteiger partial charge in [-0.15, -0.1) is 11.3 Å². The van der Waals surface area contributed by atoms with Gasteiger partial charge in [0.05, 0.1) is 16.7 Å². The quantitative estimate of drug-likeness (QED) is 0.782. The van der Waals surface area contributed by atoms with Crippen LogP contribution in [0, 0.1) is 0 Å². The summed E-state index contributed by atoms with van der Waals surface area (Å²) in [6.45, 7) is 1.57. The Labute approximate surface area is 159 Å². The van der Waals surface area contributed by atoms with E-state index in [1.807, 2.05) is 35.2 Å². The number of likely N-dealkylation sites (N-methyl/N-ethyl adjacent to an activating group) is 1. The second kappa shape index (κ2) is 7.89. The first-order valence-corrected chi connectivity index (χ1v) is 10.6. The number of thiazole rings is 1. The van der Waals surface area contributed by atoms with Gasteiger partial charge in [-0.1, -0.05) is 31.0 Å². The summed E-state index contributed by atoms with van der Waals surface area (Å²) in [6.07, 6.45) is 7.22. The monoisotopic (exact) mass is 369 g/mol. The summed E-state index contributed by atoms with van der Waals surface area (Å²) in [5, 5.41) is 3.48. The number of amides is 1. The number of hydrogen-bond donors (Lipinski definition) is 0. The van der Waals surface area contributed by atoms with Gasteiger partial charge in [-0.25, -0.2) is 4.98 Å². The standard InChI is InChI=1S/C21H27N3OS/c1-23(14-17-15-26-20(22-17)16-8-5-6-9-16)19-12-7-13-24(21(19)25)18-10-3-2-4-11-18/h2-4,10-11,15-16,19H,5-9,12-14H2,1H3. The Kier molecular flexibility index (Phi) is 5.36. The molecule has 2 aliphatic rings. The predicted molar refractivity (Wildman–Crippen MR) is 107 cm³/mol. The first kappa shape index (κ1) is 17.7. The van der Waals surface area contributed by atoms with Gasteiger partial charge in [0, 0.05) is 30.1 Å². The highest BCUT2D eigenvalue weighted by Gasteiger charge is 2.32. The van der Waals surface area contributed by atoms with E-state index in [2.05, 4.69) is 17.3 Å². The third-order valence-electron chi connectivity index (χ3n) is 5.70. The molecule has 1 atom stereocenters. The second-order valence-electron chi connectivity index (χ2n) is 7.56. The molecule has 2 fully saturated rings. The molecule has 1 unspecified atom stereocenters. The van der Waals surface area contributed by atoms with Crippen molar-refractivity contribution in [2.45, 2.75) is 57.0 Å². The molecule has 2 heterocycles. The Morgan fingerprint density at radius 1 is 1.15 bits per heavy atom. The Bertz CT molecular complexity index is 739. The number of para-hydroxylation sites is 1. The van der Waals surface area contributed by atoms with E-state index in [9.17, 15) is 4.79 Å². The number of anilines is 1. The van der Waals surface area contributed by atoms with Gasteiger partial charge in [-0.3, -0.25) is 9.69 Å². The molecule has 2 aromatic rings. The molecule has 4 rings (SSSR count). The summed E-state index contributed by atoms with van der Waals surface area (Å²) in [4.78, 5) is 22.0.